The van der Waals surface area contributed by atoms with Gasteiger partial charge in [-0.3, -0.25) is 9.59 Å². The van der Waals surface area contributed by atoms with Crippen molar-refractivity contribution in [3.8, 4) is 0 Å². The SMILES string of the molecule is CC(=O)Nc1cccc(Nc2nnc(SCC(=O)N3CCCCC3)s2)c1. The Morgan fingerprint density at radius 3 is 2.73 bits per heavy atom. The van der Waals surface area contributed by atoms with Gasteiger partial charge < -0.3 is 15.5 Å². The molecule has 0 atom stereocenters. The summed E-state index contributed by atoms with van der Waals surface area (Å²) in [5.41, 5.74) is 1.53. The highest BCUT2D eigenvalue weighted by Crippen LogP contribution is 2.28. The topological polar surface area (TPSA) is 87.2 Å². The number of amides is 2. The Kier molecular flexibility index (Phi) is 6.45. The molecule has 1 saturated heterocycles. The van der Waals surface area contributed by atoms with Crippen LogP contribution < -0.4 is 10.6 Å². The molecule has 1 aliphatic rings. The third-order valence-corrected chi connectivity index (χ3v) is 5.83. The van der Waals surface area contributed by atoms with E-state index in [-0.39, 0.29) is 11.8 Å². The minimum absolute atomic E-state index is 0.116. The summed E-state index contributed by atoms with van der Waals surface area (Å²) in [7, 11) is 0. The molecule has 1 aromatic carbocycles. The number of nitrogens with one attached hydrogen (secondary N) is 2. The zero-order valence-electron chi connectivity index (χ0n) is 14.5. The summed E-state index contributed by atoms with van der Waals surface area (Å²) in [5, 5.41) is 14.8. The zero-order valence-corrected chi connectivity index (χ0v) is 16.2. The minimum Gasteiger partial charge on any atom is -0.342 e. The average molecular weight is 392 g/mol. The normalized spacial score (nSPS) is 14.1. The van der Waals surface area contributed by atoms with Gasteiger partial charge in [0.1, 0.15) is 0 Å². The molecule has 1 aliphatic heterocycles. The van der Waals surface area contributed by atoms with E-state index in [2.05, 4.69) is 20.8 Å². The summed E-state index contributed by atoms with van der Waals surface area (Å²) in [6.45, 7) is 3.21. The molecule has 0 spiro atoms. The van der Waals surface area contributed by atoms with E-state index in [4.69, 9.17) is 0 Å². The van der Waals surface area contributed by atoms with Gasteiger partial charge in [-0.25, -0.2) is 0 Å². The van der Waals surface area contributed by atoms with Crippen molar-refractivity contribution in [2.24, 2.45) is 0 Å². The lowest BCUT2D eigenvalue weighted by atomic mass is 10.1. The van der Waals surface area contributed by atoms with E-state index in [0.717, 1.165) is 36.0 Å². The number of aromatic nitrogens is 2. The number of benzene rings is 1. The number of carbonyl (C=O) groups is 2. The molecule has 2 aromatic rings. The largest absolute Gasteiger partial charge is 0.342 e. The highest BCUT2D eigenvalue weighted by Gasteiger charge is 2.17. The summed E-state index contributed by atoms with van der Waals surface area (Å²) >= 11 is 2.83. The van der Waals surface area contributed by atoms with Crippen molar-refractivity contribution in [3.05, 3.63) is 24.3 Å². The second-order valence-corrected chi connectivity index (χ2v) is 8.19. The van der Waals surface area contributed by atoms with Crippen LogP contribution in [0.15, 0.2) is 28.6 Å². The van der Waals surface area contributed by atoms with Crippen LogP contribution in [0.5, 0.6) is 0 Å². The Morgan fingerprint density at radius 1 is 1.19 bits per heavy atom. The van der Waals surface area contributed by atoms with Gasteiger partial charge in [0.15, 0.2) is 4.34 Å². The lowest BCUT2D eigenvalue weighted by molar-refractivity contribution is -0.129. The number of nitrogens with zero attached hydrogens (tertiary/aromatic N) is 3. The Morgan fingerprint density at radius 2 is 1.96 bits per heavy atom. The number of carbonyl (C=O) groups excluding carboxylic acids is 2. The number of rotatable bonds is 6. The second kappa shape index (κ2) is 9.00. The molecule has 9 heteroatoms. The van der Waals surface area contributed by atoms with Crippen molar-refractivity contribution >= 4 is 51.4 Å². The molecular formula is C17H21N5O2S2. The van der Waals surface area contributed by atoms with Crippen LogP contribution >= 0.6 is 23.1 Å². The van der Waals surface area contributed by atoms with Crippen molar-refractivity contribution in [1.82, 2.24) is 15.1 Å². The molecule has 3 rings (SSSR count). The first kappa shape index (κ1) is 18.7. The molecule has 2 amide bonds. The van der Waals surface area contributed by atoms with Crippen molar-refractivity contribution in [2.75, 3.05) is 29.5 Å². The van der Waals surface area contributed by atoms with Gasteiger partial charge in [0.05, 0.1) is 5.75 Å². The summed E-state index contributed by atoms with van der Waals surface area (Å²) in [6.07, 6.45) is 3.41. The van der Waals surface area contributed by atoms with Crippen LogP contribution in [0.25, 0.3) is 0 Å². The molecule has 2 N–H and O–H groups in total. The fourth-order valence-electron chi connectivity index (χ4n) is 2.68. The van der Waals surface area contributed by atoms with E-state index in [1.54, 1.807) is 0 Å². The van der Waals surface area contributed by atoms with Crippen LogP contribution in [0.4, 0.5) is 16.5 Å². The summed E-state index contributed by atoms with van der Waals surface area (Å²) < 4.78 is 0.760. The third-order valence-electron chi connectivity index (χ3n) is 3.87. The maximum absolute atomic E-state index is 12.2. The second-order valence-electron chi connectivity index (χ2n) is 5.99. The van der Waals surface area contributed by atoms with Crippen LogP contribution in [0, 0.1) is 0 Å². The van der Waals surface area contributed by atoms with Gasteiger partial charge >= 0.3 is 0 Å². The fraction of sp³-hybridized carbons (Fsp3) is 0.412. The van der Waals surface area contributed by atoms with E-state index in [1.807, 2.05) is 29.2 Å². The van der Waals surface area contributed by atoms with Gasteiger partial charge in [0.25, 0.3) is 0 Å². The predicted molar refractivity (Wildman–Crippen MR) is 105 cm³/mol. The first-order valence-electron chi connectivity index (χ1n) is 8.49. The van der Waals surface area contributed by atoms with Gasteiger partial charge in [-0.1, -0.05) is 29.2 Å². The van der Waals surface area contributed by atoms with E-state index in [0.29, 0.717) is 16.6 Å². The molecule has 1 aromatic heterocycles. The van der Waals surface area contributed by atoms with E-state index < -0.39 is 0 Å². The van der Waals surface area contributed by atoms with Gasteiger partial charge in [0.2, 0.25) is 16.9 Å². The molecular weight excluding hydrogens is 370 g/mol. The van der Waals surface area contributed by atoms with Gasteiger partial charge in [-0.15, -0.1) is 10.2 Å². The highest BCUT2D eigenvalue weighted by molar-refractivity contribution is 8.01. The maximum atomic E-state index is 12.2. The molecule has 2 heterocycles. The standard InChI is InChI=1S/C17H21N5O2S2/c1-12(23)18-13-6-5-7-14(10-13)19-16-20-21-17(26-16)25-11-15(24)22-8-3-2-4-9-22/h5-7,10H,2-4,8-9,11H2,1H3,(H,18,23)(H,19,20). The summed E-state index contributed by atoms with van der Waals surface area (Å²) in [4.78, 5) is 25.3. The fourth-order valence-corrected chi connectivity index (χ4v) is 4.35. The first-order chi connectivity index (χ1) is 12.6. The van der Waals surface area contributed by atoms with Gasteiger partial charge in [-0.05, 0) is 37.5 Å². The third kappa shape index (κ3) is 5.43. The minimum atomic E-state index is -0.116. The van der Waals surface area contributed by atoms with Crippen molar-refractivity contribution in [3.63, 3.8) is 0 Å². The first-order valence-corrected chi connectivity index (χ1v) is 10.3. The van der Waals surface area contributed by atoms with Crippen LogP contribution in [-0.2, 0) is 9.59 Å². The van der Waals surface area contributed by atoms with Gasteiger partial charge in [0, 0.05) is 31.4 Å². The number of piperidine rings is 1. The number of thioether (sulfide) groups is 1. The predicted octanol–water partition coefficient (Wildman–Crippen LogP) is 3.34. The highest BCUT2D eigenvalue weighted by atomic mass is 32.2. The molecule has 0 radical (unpaired) electrons. The number of hydrogen-bond donors (Lipinski definition) is 2. The summed E-state index contributed by atoms with van der Waals surface area (Å²) in [6, 6.07) is 7.39. The Balaban J connectivity index is 1.53. The molecule has 0 bridgehead atoms. The van der Waals surface area contributed by atoms with Crippen molar-refractivity contribution in [2.45, 2.75) is 30.5 Å². The summed E-state index contributed by atoms with van der Waals surface area (Å²) in [5.74, 6) is 0.449. The van der Waals surface area contributed by atoms with E-state index >= 15 is 0 Å². The molecule has 1 fully saturated rings. The molecule has 138 valence electrons. The Hall–Kier alpha value is -2.13. The maximum Gasteiger partial charge on any atom is 0.233 e. The molecule has 0 aliphatic carbocycles. The number of anilines is 3. The quantitative estimate of drug-likeness (QED) is 0.735. The van der Waals surface area contributed by atoms with Crippen LogP contribution in [0.2, 0.25) is 0 Å². The number of hydrogen-bond acceptors (Lipinski definition) is 7. The van der Waals surface area contributed by atoms with Crippen molar-refractivity contribution in [1.29, 1.82) is 0 Å². The molecule has 7 nitrogen and oxygen atoms in total. The number of likely N-dealkylation sites (tertiary alicyclic amines) is 1. The molecule has 26 heavy (non-hydrogen) atoms. The van der Waals surface area contributed by atoms with Crippen molar-refractivity contribution < 1.29 is 9.59 Å². The van der Waals surface area contributed by atoms with E-state index in [1.165, 1.54) is 36.4 Å². The Bertz CT molecular complexity index is 774. The van der Waals surface area contributed by atoms with Gasteiger partial charge in [-0.2, -0.15) is 0 Å². The lowest BCUT2D eigenvalue weighted by Gasteiger charge is -2.26. The smallest absolute Gasteiger partial charge is 0.233 e. The monoisotopic (exact) mass is 391 g/mol. The van der Waals surface area contributed by atoms with E-state index in [9.17, 15) is 9.59 Å². The van der Waals surface area contributed by atoms with Crippen LogP contribution in [0.3, 0.4) is 0 Å². The van der Waals surface area contributed by atoms with Crippen LogP contribution in [0.1, 0.15) is 26.2 Å². The zero-order chi connectivity index (χ0) is 18.4. The average Bonchev–Trinajstić information content (AvgIpc) is 3.07. The molecule has 0 saturated carbocycles. The lowest BCUT2D eigenvalue weighted by Crippen LogP contribution is -2.36. The van der Waals surface area contributed by atoms with Crippen LogP contribution in [-0.4, -0.2) is 45.8 Å². The molecule has 0 unspecified atom stereocenters. The Labute approximate surface area is 160 Å².